The largest absolute Gasteiger partial charge is 0.321 e. The second-order valence-corrected chi connectivity index (χ2v) is 10.9. The van der Waals surface area contributed by atoms with Crippen molar-refractivity contribution in [1.82, 2.24) is 4.98 Å². The number of nitrogens with zero attached hydrogens (tertiary/aromatic N) is 1. The van der Waals surface area contributed by atoms with Gasteiger partial charge in [-0.15, -0.1) is 34.4 Å². The third kappa shape index (κ3) is 6.16. The molecule has 1 atom stereocenters. The number of benzene rings is 2. The maximum Gasteiger partial charge on any atom is 0.265 e. The van der Waals surface area contributed by atoms with Gasteiger partial charge in [-0.1, -0.05) is 35.3 Å². The zero-order valence-corrected chi connectivity index (χ0v) is 21.1. The van der Waals surface area contributed by atoms with Gasteiger partial charge in [0.15, 0.2) is 5.13 Å². The summed E-state index contributed by atoms with van der Waals surface area (Å²) >= 11 is 16.3. The first-order chi connectivity index (χ1) is 15.9. The summed E-state index contributed by atoms with van der Waals surface area (Å²) in [5.41, 5.74) is 2.10. The van der Waals surface area contributed by atoms with Gasteiger partial charge in [-0.25, -0.2) is 4.98 Å². The fourth-order valence-electron chi connectivity index (χ4n) is 2.86. The van der Waals surface area contributed by atoms with Crippen LogP contribution in [0.25, 0.3) is 11.3 Å². The Morgan fingerprint density at radius 1 is 1.03 bits per heavy atom. The molecule has 0 saturated heterocycles. The minimum absolute atomic E-state index is 0.154. The summed E-state index contributed by atoms with van der Waals surface area (Å²) in [5, 5.41) is 10.6. The molecule has 2 heterocycles. The van der Waals surface area contributed by atoms with Crippen LogP contribution in [-0.2, 0) is 4.79 Å². The minimum Gasteiger partial charge on any atom is -0.321 e. The zero-order valence-electron chi connectivity index (χ0n) is 17.2. The van der Waals surface area contributed by atoms with Gasteiger partial charge in [-0.3, -0.25) is 9.59 Å². The second-order valence-electron chi connectivity index (χ2n) is 6.87. The number of thioether (sulfide) groups is 1. The first kappa shape index (κ1) is 23.8. The van der Waals surface area contributed by atoms with Crippen LogP contribution in [0.1, 0.15) is 16.6 Å². The number of amides is 2. The Morgan fingerprint density at radius 2 is 1.88 bits per heavy atom. The average Bonchev–Trinajstić information content (AvgIpc) is 3.46. The standard InChI is InChI=1S/C23H17Cl2N3O2S3/c1-13(33-16-5-2-4-15(11-16)26-22(30)20-6-3-9-31-20)21(29)28-23-27-19(12-32-23)17-8-7-14(24)10-18(17)25/h2-13H,1H3,(H,26,30)(H,27,28,29). The smallest absolute Gasteiger partial charge is 0.265 e. The molecule has 0 aliphatic heterocycles. The molecule has 2 amide bonds. The lowest BCUT2D eigenvalue weighted by Gasteiger charge is -2.12. The first-order valence-electron chi connectivity index (χ1n) is 9.72. The van der Waals surface area contributed by atoms with Gasteiger partial charge in [-0.2, -0.15) is 0 Å². The quantitative estimate of drug-likeness (QED) is 0.240. The van der Waals surface area contributed by atoms with Gasteiger partial charge in [0.25, 0.3) is 5.91 Å². The lowest BCUT2D eigenvalue weighted by atomic mass is 10.2. The van der Waals surface area contributed by atoms with Crippen LogP contribution in [0, 0.1) is 0 Å². The molecule has 0 bridgehead atoms. The van der Waals surface area contributed by atoms with Crippen LogP contribution in [0.4, 0.5) is 10.8 Å². The molecule has 1 unspecified atom stereocenters. The van der Waals surface area contributed by atoms with E-state index in [9.17, 15) is 9.59 Å². The fourth-order valence-corrected chi connectivity index (χ4v) is 5.63. The van der Waals surface area contributed by atoms with Gasteiger partial charge in [-0.05, 0) is 54.8 Å². The van der Waals surface area contributed by atoms with E-state index in [0.717, 1.165) is 10.5 Å². The van der Waals surface area contributed by atoms with Gasteiger partial charge in [0.05, 0.1) is 20.8 Å². The third-order valence-corrected chi connectivity index (χ3v) is 7.73. The zero-order chi connectivity index (χ0) is 23.4. The molecule has 168 valence electrons. The number of nitrogens with one attached hydrogen (secondary N) is 2. The van der Waals surface area contributed by atoms with Crippen LogP contribution in [0.2, 0.25) is 10.0 Å². The molecule has 0 saturated carbocycles. The van der Waals surface area contributed by atoms with Crippen molar-refractivity contribution in [3.05, 3.63) is 80.3 Å². The molecular formula is C23H17Cl2N3O2S3. The van der Waals surface area contributed by atoms with Crippen molar-refractivity contribution in [3.63, 3.8) is 0 Å². The van der Waals surface area contributed by atoms with Gasteiger partial charge < -0.3 is 10.6 Å². The lowest BCUT2D eigenvalue weighted by molar-refractivity contribution is -0.115. The summed E-state index contributed by atoms with van der Waals surface area (Å²) in [6.45, 7) is 1.82. The molecule has 2 aromatic carbocycles. The molecule has 4 aromatic rings. The molecule has 0 aliphatic rings. The Balaban J connectivity index is 1.37. The summed E-state index contributed by atoms with van der Waals surface area (Å²) in [7, 11) is 0. The molecule has 2 N–H and O–H groups in total. The number of aromatic nitrogens is 1. The first-order valence-corrected chi connectivity index (χ1v) is 13.1. The van der Waals surface area contributed by atoms with Crippen molar-refractivity contribution in [1.29, 1.82) is 0 Å². The number of carbonyl (C=O) groups excluding carboxylic acids is 2. The summed E-state index contributed by atoms with van der Waals surface area (Å²) in [4.78, 5) is 31.0. The Bertz CT molecular complexity index is 1290. The van der Waals surface area contributed by atoms with Gasteiger partial charge in [0.1, 0.15) is 0 Å². The summed E-state index contributed by atoms with van der Waals surface area (Å²) < 4.78 is 0. The van der Waals surface area contributed by atoms with Crippen molar-refractivity contribution in [2.75, 3.05) is 10.6 Å². The normalized spacial score (nSPS) is 11.7. The van der Waals surface area contributed by atoms with E-state index >= 15 is 0 Å². The Morgan fingerprint density at radius 3 is 2.64 bits per heavy atom. The van der Waals surface area contributed by atoms with Gasteiger partial charge >= 0.3 is 0 Å². The number of anilines is 2. The molecule has 2 aromatic heterocycles. The summed E-state index contributed by atoms with van der Waals surface area (Å²) in [6, 6.07) is 16.2. The Labute approximate surface area is 213 Å². The predicted octanol–water partition coefficient (Wildman–Crippen LogP) is 7.55. The molecule has 33 heavy (non-hydrogen) atoms. The van der Waals surface area contributed by atoms with Crippen molar-refractivity contribution >= 4 is 80.3 Å². The highest BCUT2D eigenvalue weighted by Gasteiger charge is 2.17. The maximum absolute atomic E-state index is 12.7. The van der Waals surface area contributed by atoms with Crippen LogP contribution in [0.5, 0.6) is 0 Å². The Hall–Kier alpha value is -2.36. The van der Waals surface area contributed by atoms with Crippen molar-refractivity contribution in [2.45, 2.75) is 17.1 Å². The van der Waals surface area contributed by atoms with Crippen LogP contribution in [-0.4, -0.2) is 22.0 Å². The highest BCUT2D eigenvalue weighted by molar-refractivity contribution is 8.00. The van der Waals surface area contributed by atoms with Crippen molar-refractivity contribution in [2.24, 2.45) is 0 Å². The highest BCUT2D eigenvalue weighted by Crippen LogP contribution is 2.33. The number of thiophene rings is 1. The van der Waals surface area contributed by atoms with Crippen LogP contribution in [0.15, 0.2) is 70.3 Å². The van der Waals surface area contributed by atoms with Gasteiger partial charge in [0, 0.05) is 26.5 Å². The molecular weight excluding hydrogens is 517 g/mol. The molecule has 0 radical (unpaired) electrons. The second kappa shape index (κ2) is 10.7. The van der Waals surface area contributed by atoms with E-state index in [4.69, 9.17) is 23.2 Å². The monoisotopic (exact) mass is 533 g/mol. The maximum atomic E-state index is 12.7. The molecule has 0 fully saturated rings. The molecule has 4 rings (SSSR count). The number of carbonyl (C=O) groups is 2. The van der Waals surface area contributed by atoms with E-state index in [2.05, 4.69) is 15.6 Å². The lowest BCUT2D eigenvalue weighted by Crippen LogP contribution is -2.22. The highest BCUT2D eigenvalue weighted by atomic mass is 35.5. The summed E-state index contributed by atoms with van der Waals surface area (Å²) in [5.74, 6) is -0.325. The molecule has 0 aliphatic carbocycles. The van der Waals surface area contributed by atoms with Gasteiger partial charge in [0.2, 0.25) is 5.91 Å². The van der Waals surface area contributed by atoms with Crippen LogP contribution < -0.4 is 10.6 Å². The minimum atomic E-state index is -0.375. The van der Waals surface area contributed by atoms with E-state index in [0.29, 0.717) is 31.4 Å². The van der Waals surface area contributed by atoms with Crippen molar-refractivity contribution in [3.8, 4) is 11.3 Å². The molecule has 10 heteroatoms. The molecule has 5 nitrogen and oxygen atoms in total. The topological polar surface area (TPSA) is 71.1 Å². The third-order valence-electron chi connectivity index (χ3n) is 4.46. The number of hydrogen-bond acceptors (Lipinski definition) is 6. The fraction of sp³-hybridized carbons (Fsp3) is 0.0870. The van der Waals surface area contributed by atoms with E-state index < -0.39 is 0 Å². The number of halogens is 2. The number of hydrogen-bond donors (Lipinski definition) is 2. The van der Waals surface area contributed by atoms with E-state index in [-0.39, 0.29) is 17.1 Å². The van der Waals surface area contributed by atoms with Crippen LogP contribution in [0.3, 0.4) is 0 Å². The van der Waals surface area contributed by atoms with E-state index in [1.54, 1.807) is 24.3 Å². The van der Waals surface area contributed by atoms with E-state index in [1.807, 2.05) is 48.0 Å². The number of rotatable bonds is 7. The number of thiazole rings is 1. The predicted molar refractivity (Wildman–Crippen MR) is 140 cm³/mol. The summed E-state index contributed by atoms with van der Waals surface area (Å²) in [6.07, 6.45) is 0. The van der Waals surface area contributed by atoms with Crippen molar-refractivity contribution < 1.29 is 9.59 Å². The van der Waals surface area contributed by atoms with E-state index in [1.165, 1.54) is 34.4 Å². The molecule has 0 spiro atoms. The Kier molecular flexibility index (Phi) is 7.72. The SMILES string of the molecule is CC(Sc1cccc(NC(=O)c2cccs2)c1)C(=O)Nc1nc(-c2ccc(Cl)cc2Cl)cs1. The average molecular weight is 535 g/mol. The van der Waals surface area contributed by atoms with Crippen LogP contribution >= 0.6 is 57.6 Å².